The third-order valence-electron chi connectivity index (χ3n) is 9.82. The normalized spacial score (nSPS) is 22.3. The van der Waals surface area contributed by atoms with Crippen LogP contribution in [0.1, 0.15) is 44.4 Å². The van der Waals surface area contributed by atoms with E-state index in [-0.39, 0.29) is 35.5 Å². The maximum Gasteiger partial charge on any atom is 0.238 e. The number of halogens is 1. The highest BCUT2D eigenvalue weighted by Crippen LogP contribution is 2.52. The van der Waals surface area contributed by atoms with Gasteiger partial charge in [-0.15, -0.1) is 0 Å². The Morgan fingerprint density at radius 2 is 1.73 bits per heavy atom. The number of carbonyl (C=O) groups is 2. The summed E-state index contributed by atoms with van der Waals surface area (Å²) in [5, 5.41) is 13.9. The van der Waals surface area contributed by atoms with E-state index in [9.17, 15) is 14.7 Å². The van der Waals surface area contributed by atoms with E-state index in [1.807, 2.05) is 91.0 Å². The van der Waals surface area contributed by atoms with Gasteiger partial charge >= 0.3 is 0 Å². The van der Waals surface area contributed by atoms with E-state index in [0.717, 1.165) is 27.1 Å². The summed E-state index contributed by atoms with van der Waals surface area (Å²) in [6.07, 6.45) is 5.51. The predicted octanol–water partition coefficient (Wildman–Crippen LogP) is 8.79. The van der Waals surface area contributed by atoms with Crippen LogP contribution in [0.15, 0.2) is 113 Å². The van der Waals surface area contributed by atoms with Gasteiger partial charge in [-0.1, -0.05) is 59.6 Å². The molecule has 2 saturated heterocycles. The topological polar surface area (TPSA) is 91.8 Å². The molecule has 0 spiro atoms. The Kier molecular flexibility index (Phi) is 9.03. The molecule has 4 atom stereocenters. The molecule has 8 heteroatoms. The Balaban J connectivity index is 1.13. The van der Waals surface area contributed by atoms with Crippen molar-refractivity contribution in [2.75, 3.05) is 16.8 Å². The van der Waals surface area contributed by atoms with Crippen LogP contribution in [-0.2, 0) is 14.3 Å². The zero-order valence-corrected chi connectivity index (χ0v) is 28.6. The number of phenols is 1. The first kappa shape index (κ1) is 32.0. The van der Waals surface area contributed by atoms with Gasteiger partial charge in [0.1, 0.15) is 5.75 Å². The summed E-state index contributed by atoms with van der Waals surface area (Å²) >= 11 is 3.52. The number of imide groups is 1. The van der Waals surface area contributed by atoms with Crippen molar-refractivity contribution >= 4 is 56.5 Å². The summed E-state index contributed by atoms with van der Waals surface area (Å²) < 4.78 is 7.39. The van der Waals surface area contributed by atoms with Gasteiger partial charge < -0.3 is 15.2 Å². The second-order valence-electron chi connectivity index (χ2n) is 13.1. The average molecular weight is 705 g/mol. The van der Waals surface area contributed by atoms with E-state index in [0.29, 0.717) is 37.1 Å². The van der Waals surface area contributed by atoms with E-state index in [4.69, 9.17) is 4.74 Å². The summed E-state index contributed by atoms with van der Waals surface area (Å²) in [4.78, 5) is 34.1. The molecule has 0 saturated carbocycles. The highest BCUT2D eigenvalue weighted by Gasteiger charge is 2.57. The van der Waals surface area contributed by atoms with Crippen molar-refractivity contribution in [3.8, 4) is 5.75 Å². The number of hydrogen-bond donors (Lipinski definition) is 2. The first-order valence-electron chi connectivity index (χ1n) is 16.5. The standard InChI is InChI=1S/C40H38BrN3O4/c1-24(2)31-22-32-38(40(47)44(39(32)46)30-15-13-29(14-16-30)43-28-8-4-3-5-9-28)33-23-48-36(37(31)33)18-11-25(34-10-6-7-19-42-34)20-26-21-27(41)12-17-35(26)45/h3-10,12-17,19-21,24,32-33,36,38,43,45H,11,18,22-23H2,1-2H3/b25-20-/t32-,33+,36-,38-/m1/s1. The van der Waals surface area contributed by atoms with Crippen LogP contribution in [-0.4, -0.2) is 34.6 Å². The van der Waals surface area contributed by atoms with Gasteiger partial charge in [-0.2, -0.15) is 0 Å². The molecule has 7 nitrogen and oxygen atoms in total. The minimum atomic E-state index is -0.438. The van der Waals surface area contributed by atoms with E-state index in [2.05, 4.69) is 40.1 Å². The summed E-state index contributed by atoms with van der Waals surface area (Å²) in [5.41, 5.74) is 7.41. The molecule has 2 aliphatic heterocycles. The van der Waals surface area contributed by atoms with Gasteiger partial charge in [0.15, 0.2) is 0 Å². The number of fused-ring (bicyclic) bond motifs is 3. The van der Waals surface area contributed by atoms with E-state index >= 15 is 0 Å². The van der Waals surface area contributed by atoms with E-state index in [1.54, 1.807) is 12.3 Å². The molecule has 0 bridgehead atoms. The molecule has 48 heavy (non-hydrogen) atoms. The quantitative estimate of drug-likeness (QED) is 0.134. The van der Waals surface area contributed by atoms with Gasteiger partial charge in [-0.3, -0.25) is 19.5 Å². The molecule has 244 valence electrons. The molecular weight excluding hydrogens is 666 g/mol. The predicted molar refractivity (Wildman–Crippen MR) is 192 cm³/mol. The largest absolute Gasteiger partial charge is 0.507 e. The van der Waals surface area contributed by atoms with Crippen LogP contribution in [0.3, 0.4) is 0 Å². The van der Waals surface area contributed by atoms with Gasteiger partial charge in [-0.25, -0.2) is 0 Å². The Labute approximate surface area is 289 Å². The third-order valence-corrected chi connectivity index (χ3v) is 10.3. The smallest absolute Gasteiger partial charge is 0.238 e. The second kappa shape index (κ2) is 13.5. The first-order valence-corrected chi connectivity index (χ1v) is 17.3. The Hall–Kier alpha value is -4.53. The number of anilines is 3. The van der Waals surface area contributed by atoms with Gasteiger partial charge in [0.05, 0.1) is 35.9 Å². The fourth-order valence-corrected chi connectivity index (χ4v) is 7.92. The number of carbonyl (C=O) groups excluding carboxylic acids is 2. The fraction of sp³-hybridized carbons (Fsp3) is 0.275. The molecule has 0 unspecified atom stereocenters. The van der Waals surface area contributed by atoms with E-state index in [1.165, 1.54) is 16.0 Å². The Morgan fingerprint density at radius 3 is 2.46 bits per heavy atom. The van der Waals surface area contributed by atoms with Gasteiger partial charge in [-0.05, 0) is 109 Å². The summed E-state index contributed by atoms with van der Waals surface area (Å²) in [6.45, 7) is 4.75. The number of ether oxygens (including phenoxy) is 1. The molecule has 3 heterocycles. The minimum absolute atomic E-state index is 0.122. The summed E-state index contributed by atoms with van der Waals surface area (Å²) in [6, 6.07) is 28.6. The van der Waals surface area contributed by atoms with Crippen molar-refractivity contribution in [1.82, 2.24) is 4.98 Å². The van der Waals surface area contributed by atoms with Gasteiger partial charge in [0.25, 0.3) is 0 Å². The third kappa shape index (κ3) is 6.22. The van der Waals surface area contributed by atoms with Crippen molar-refractivity contribution in [3.05, 3.63) is 124 Å². The molecule has 4 aromatic rings. The molecule has 0 radical (unpaired) electrons. The van der Waals surface area contributed by atoms with Crippen molar-refractivity contribution in [1.29, 1.82) is 0 Å². The average Bonchev–Trinajstić information content (AvgIpc) is 3.63. The number of nitrogens with zero attached hydrogens (tertiary/aromatic N) is 2. The number of rotatable bonds is 9. The van der Waals surface area contributed by atoms with Crippen LogP contribution in [0.2, 0.25) is 0 Å². The molecule has 2 fully saturated rings. The van der Waals surface area contributed by atoms with E-state index < -0.39 is 11.8 Å². The lowest BCUT2D eigenvalue weighted by Crippen LogP contribution is -2.35. The lowest BCUT2D eigenvalue weighted by Gasteiger charge is -2.33. The van der Waals surface area contributed by atoms with Crippen molar-refractivity contribution < 1.29 is 19.4 Å². The highest BCUT2D eigenvalue weighted by molar-refractivity contribution is 9.10. The number of pyridine rings is 1. The zero-order valence-electron chi connectivity index (χ0n) is 27.0. The van der Waals surface area contributed by atoms with Gasteiger partial charge in [0.2, 0.25) is 11.8 Å². The lowest BCUT2D eigenvalue weighted by molar-refractivity contribution is -0.122. The Bertz CT molecular complexity index is 1890. The highest BCUT2D eigenvalue weighted by atomic mass is 79.9. The van der Waals surface area contributed by atoms with Crippen molar-refractivity contribution in [2.45, 2.75) is 39.2 Å². The number of benzene rings is 3. The fourth-order valence-electron chi connectivity index (χ4n) is 7.54. The van der Waals surface area contributed by atoms with Crippen LogP contribution < -0.4 is 10.2 Å². The summed E-state index contributed by atoms with van der Waals surface area (Å²) in [5.74, 6) is -0.808. The second-order valence-corrected chi connectivity index (χ2v) is 14.0. The SMILES string of the molecule is CC(C)C1=C2[C@@H](CC/C(=C/c3cc(Br)ccc3O)c3ccccn3)OC[C@@H]2[C@@H]2C(=O)N(c3ccc(Nc4ccccc4)cc3)C(=O)[C@@H]2C1. The number of hydrogen-bond acceptors (Lipinski definition) is 6. The van der Waals surface area contributed by atoms with Crippen LogP contribution in [0.5, 0.6) is 5.75 Å². The monoisotopic (exact) mass is 703 g/mol. The van der Waals surface area contributed by atoms with Crippen LogP contribution >= 0.6 is 15.9 Å². The number of aromatic nitrogens is 1. The maximum absolute atomic E-state index is 14.1. The molecule has 1 aliphatic carbocycles. The van der Waals surface area contributed by atoms with Crippen molar-refractivity contribution in [3.63, 3.8) is 0 Å². The number of amides is 2. The molecule has 7 rings (SSSR count). The first-order chi connectivity index (χ1) is 23.3. The maximum atomic E-state index is 14.1. The Morgan fingerprint density at radius 1 is 0.979 bits per heavy atom. The van der Waals surface area contributed by atoms with Crippen LogP contribution in [0.25, 0.3) is 11.6 Å². The van der Waals surface area contributed by atoms with Crippen LogP contribution in [0.4, 0.5) is 17.1 Å². The summed E-state index contributed by atoms with van der Waals surface area (Å²) in [7, 11) is 0. The molecule has 3 aliphatic rings. The zero-order chi connectivity index (χ0) is 33.4. The number of phenolic OH excluding ortho intramolecular Hbond substituents is 1. The molecule has 2 N–H and O–H groups in total. The lowest BCUT2D eigenvalue weighted by atomic mass is 9.67. The molecule has 2 amide bonds. The molecular formula is C40H38BrN3O4. The number of allylic oxidation sites excluding steroid dienone is 2. The number of para-hydroxylation sites is 1. The van der Waals surface area contributed by atoms with Crippen LogP contribution in [0, 0.1) is 23.7 Å². The molecule has 1 aromatic heterocycles. The number of nitrogens with one attached hydrogen (secondary N) is 1. The number of aromatic hydroxyl groups is 1. The molecule has 3 aromatic carbocycles. The van der Waals surface area contributed by atoms with Crippen molar-refractivity contribution in [2.24, 2.45) is 23.7 Å². The van der Waals surface area contributed by atoms with Gasteiger partial charge in [0, 0.05) is 33.5 Å². The minimum Gasteiger partial charge on any atom is -0.507 e.